The molecule has 6 heteroatoms. The van der Waals surface area contributed by atoms with Gasteiger partial charge in [-0.15, -0.1) is 0 Å². The molecule has 2 aliphatic rings. The van der Waals surface area contributed by atoms with Crippen molar-refractivity contribution in [2.75, 3.05) is 0 Å². The van der Waals surface area contributed by atoms with Crippen molar-refractivity contribution in [1.29, 1.82) is 0 Å². The Morgan fingerprint density at radius 3 is 1.68 bits per heavy atom. The first-order chi connectivity index (χ1) is 13.7. The molecule has 0 aliphatic carbocycles. The highest BCUT2D eigenvalue weighted by Gasteiger charge is 2.29. The number of aromatic nitrogens is 2. The van der Waals surface area contributed by atoms with Crippen LogP contribution in [0.15, 0.2) is 60.9 Å². The first-order valence-electron chi connectivity index (χ1n) is 9.23. The van der Waals surface area contributed by atoms with Gasteiger partial charge in [-0.05, 0) is 35.4 Å². The molecule has 4 heterocycles. The van der Waals surface area contributed by atoms with Crippen molar-refractivity contribution in [3.05, 3.63) is 94.6 Å². The van der Waals surface area contributed by atoms with E-state index in [4.69, 9.17) is 0 Å². The number of benzene rings is 1. The number of nitrogens with zero attached hydrogens (tertiary/aromatic N) is 4. The van der Waals surface area contributed by atoms with Crippen LogP contribution in [0, 0.1) is 0 Å². The average Bonchev–Trinajstić information content (AvgIpc) is 3.20. The molecule has 0 fully saturated rings. The zero-order chi connectivity index (χ0) is 19.1. The Bertz CT molecular complexity index is 1010. The lowest BCUT2D eigenvalue weighted by atomic mass is 10.1. The molecule has 0 N–H and O–H groups in total. The van der Waals surface area contributed by atoms with Crippen molar-refractivity contribution in [3.8, 4) is 0 Å². The molecule has 138 valence electrons. The van der Waals surface area contributed by atoms with Crippen molar-refractivity contribution in [2.45, 2.75) is 26.2 Å². The van der Waals surface area contributed by atoms with Crippen LogP contribution in [0.25, 0.3) is 0 Å². The van der Waals surface area contributed by atoms with Gasteiger partial charge in [0.05, 0.1) is 35.6 Å². The van der Waals surface area contributed by atoms with Crippen LogP contribution in [-0.4, -0.2) is 31.6 Å². The number of hydrogen-bond donors (Lipinski definition) is 0. The van der Waals surface area contributed by atoms with E-state index in [-0.39, 0.29) is 11.8 Å². The van der Waals surface area contributed by atoms with E-state index in [0.29, 0.717) is 37.3 Å². The number of carbonyl (C=O) groups is 2. The lowest BCUT2D eigenvalue weighted by molar-refractivity contribution is 0.0762. The fourth-order valence-electron chi connectivity index (χ4n) is 3.89. The van der Waals surface area contributed by atoms with E-state index in [2.05, 4.69) is 16.0 Å². The topological polar surface area (TPSA) is 66.4 Å². The van der Waals surface area contributed by atoms with Gasteiger partial charge in [0, 0.05) is 25.5 Å². The molecule has 0 unspecified atom stereocenters. The second-order valence-electron chi connectivity index (χ2n) is 7.14. The van der Waals surface area contributed by atoms with Crippen molar-refractivity contribution in [2.24, 2.45) is 0 Å². The van der Waals surface area contributed by atoms with Gasteiger partial charge in [-0.1, -0.05) is 24.3 Å². The normalized spacial score (nSPS) is 15.1. The summed E-state index contributed by atoms with van der Waals surface area (Å²) in [5, 5.41) is 0. The van der Waals surface area contributed by atoms with Crippen LogP contribution in [0.5, 0.6) is 0 Å². The first-order valence-corrected chi connectivity index (χ1v) is 9.23. The zero-order valence-corrected chi connectivity index (χ0v) is 15.2. The summed E-state index contributed by atoms with van der Waals surface area (Å²) in [5.41, 5.74) is 5.12. The Morgan fingerprint density at radius 2 is 1.21 bits per heavy atom. The van der Waals surface area contributed by atoms with Crippen LogP contribution in [0.1, 0.15) is 43.2 Å². The molecule has 0 atom stereocenters. The molecule has 6 nitrogen and oxygen atoms in total. The molecular weight excluding hydrogens is 352 g/mol. The predicted octanol–water partition coefficient (Wildman–Crippen LogP) is 2.79. The summed E-state index contributed by atoms with van der Waals surface area (Å²) in [6, 6.07) is 15.3. The van der Waals surface area contributed by atoms with Gasteiger partial charge in [-0.25, -0.2) is 0 Å². The number of pyridine rings is 2. The predicted molar refractivity (Wildman–Crippen MR) is 102 cm³/mol. The summed E-state index contributed by atoms with van der Waals surface area (Å²) in [6.07, 6.45) is 3.44. The Kier molecular flexibility index (Phi) is 3.90. The quantitative estimate of drug-likeness (QED) is 0.708. The van der Waals surface area contributed by atoms with E-state index in [1.165, 1.54) is 0 Å². The smallest absolute Gasteiger partial charge is 0.256 e. The second-order valence-corrected chi connectivity index (χ2v) is 7.14. The molecule has 2 aliphatic heterocycles. The third-order valence-corrected chi connectivity index (χ3v) is 5.24. The highest BCUT2D eigenvalue weighted by molar-refractivity contribution is 5.98. The van der Waals surface area contributed by atoms with E-state index in [0.717, 1.165) is 22.5 Å². The minimum atomic E-state index is 0.0183. The maximum absolute atomic E-state index is 12.6. The van der Waals surface area contributed by atoms with E-state index in [1.54, 1.807) is 34.3 Å². The fourth-order valence-corrected chi connectivity index (χ4v) is 3.89. The molecule has 28 heavy (non-hydrogen) atoms. The molecule has 2 amide bonds. The van der Waals surface area contributed by atoms with Gasteiger partial charge in [-0.2, -0.15) is 0 Å². The minimum Gasteiger partial charge on any atom is -0.328 e. The summed E-state index contributed by atoms with van der Waals surface area (Å²) in [5.74, 6) is 0.0366. The zero-order valence-electron chi connectivity index (χ0n) is 15.2. The third-order valence-electron chi connectivity index (χ3n) is 5.24. The number of fused-ring (bicyclic) bond motifs is 2. The molecule has 0 saturated heterocycles. The minimum absolute atomic E-state index is 0.0183. The van der Waals surface area contributed by atoms with E-state index in [9.17, 15) is 9.59 Å². The largest absolute Gasteiger partial charge is 0.328 e. The summed E-state index contributed by atoms with van der Waals surface area (Å²) in [7, 11) is 0. The van der Waals surface area contributed by atoms with Crippen molar-refractivity contribution in [1.82, 2.24) is 19.8 Å². The lowest BCUT2D eigenvalue weighted by Gasteiger charge is -2.18. The third kappa shape index (κ3) is 2.83. The molecule has 2 aromatic heterocycles. The average molecular weight is 370 g/mol. The van der Waals surface area contributed by atoms with Crippen molar-refractivity contribution < 1.29 is 9.59 Å². The number of rotatable bonds is 4. The molecule has 1 aromatic carbocycles. The lowest BCUT2D eigenvalue weighted by Crippen LogP contribution is -2.24. The molecule has 5 rings (SSSR count). The van der Waals surface area contributed by atoms with Crippen molar-refractivity contribution >= 4 is 11.8 Å². The van der Waals surface area contributed by atoms with Crippen LogP contribution in [0.4, 0.5) is 0 Å². The highest BCUT2D eigenvalue weighted by atomic mass is 16.2. The van der Waals surface area contributed by atoms with E-state index < -0.39 is 0 Å². The van der Waals surface area contributed by atoms with Crippen LogP contribution >= 0.6 is 0 Å². The monoisotopic (exact) mass is 370 g/mol. The van der Waals surface area contributed by atoms with Crippen molar-refractivity contribution in [3.63, 3.8) is 0 Å². The Morgan fingerprint density at radius 1 is 0.714 bits per heavy atom. The molecule has 0 radical (unpaired) electrons. The van der Waals surface area contributed by atoms with Gasteiger partial charge in [0.2, 0.25) is 0 Å². The SMILES string of the molecule is O=C1c2cccnc2CN1Cc1cccc(CN2Cc3ncccc3C2=O)c1. The summed E-state index contributed by atoms with van der Waals surface area (Å²) < 4.78 is 0. The second kappa shape index (κ2) is 6.56. The molecular formula is C22H18N4O2. The Hall–Kier alpha value is -3.54. The van der Waals surface area contributed by atoms with Crippen LogP contribution < -0.4 is 0 Å². The van der Waals surface area contributed by atoms with E-state index in [1.807, 2.05) is 30.3 Å². The molecule has 0 saturated carbocycles. The van der Waals surface area contributed by atoms with Gasteiger partial charge in [0.15, 0.2) is 0 Å². The van der Waals surface area contributed by atoms with Gasteiger partial charge < -0.3 is 9.80 Å². The van der Waals surface area contributed by atoms with Gasteiger partial charge in [0.1, 0.15) is 0 Å². The van der Waals surface area contributed by atoms with Crippen LogP contribution in [-0.2, 0) is 26.2 Å². The maximum Gasteiger partial charge on any atom is 0.256 e. The number of carbonyl (C=O) groups excluding carboxylic acids is 2. The molecule has 0 bridgehead atoms. The maximum atomic E-state index is 12.6. The van der Waals surface area contributed by atoms with Crippen LogP contribution in [0.3, 0.4) is 0 Å². The Labute approximate surface area is 162 Å². The highest BCUT2D eigenvalue weighted by Crippen LogP contribution is 2.25. The van der Waals surface area contributed by atoms with Crippen LogP contribution in [0.2, 0.25) is 0 Å². The molecule has 3 aromatic rings. The first kappa shape index (κ1) is 16.6. The summed E-state index contributed by atoms with van der Waals surface area (Å²) >= 11 is 0. The standard InChI is InChI=1S/C22H18N4O2/c27-21-17-6-2-8-23-19(17)13-25(21)11-15-4-1-5-16(10-15)12-26-14-20-18(22(26)28)7-3-9-24-20/h1-10H,11-14H2. The van der Waals surface area contributed by atoms with Gasteiger partial charge in [0.25, 0.3) is 11.8 Å². The molecule has 0 spiro atoms. The van der Waals surface area contributed by atoms with Gasteiger partial charge in [-0.3, -0.25) is 19.6 Å². The Balaban J connectivity index is 1.30. The number of amides is 2. The number of hydrogen-bond acceptors (Lipinski definition) is 4. The van der Waals surface area contributed by atoms with Gasteiger partial charge >= 0.3 is 0 Å². The fraction of sp³-hybridized carbons (Fsp3) is 0.182. The van der Waals surface area contributed by atoms with E-state index >= 15 is 0 Å². The summed E-state index contributed by atoms with van der Waals surface area (Å²) in [4.78, 5) is 37.3. The summed E-state index contributed by atoms with van der Waals surface area (Å²) in [6.45, 7) is 2.12.